The highest BCUT2D eigenvalue weighted by Gasteiger charge is 2.37. The number of nitrogens with one attached hydrogen (secondary N) is 1. The second kappa shape index (κ2) is 7.75. The van der Waals surface area contributed by atoms with E-state index in [9.17, 15) is 27.9 Å². The minimum Gasteiger partial charge on any atom is -0.465 e. The Morgan fingerprint density at radius 1 is 1.19 bits per heavy atom. The largest absolute Gasteiger partial charge is 0.465 e. The number of rotatable bonds is 3. The van der Waals surface area contributed by atoms with Gasteiger partial charge in [0, 0.05) is 31.2 Å². The molecule has 2 amide bonds. The third-order valence-electron chi connectivity index (χ3n) is 5.23. The monoisotopic (exact) mass is 385 g/mol. The molecule has 1 aromatic rings. The van der Waals surface area contributed by atoms with E-state index in [0.717, 1.165) is 17.0 Å². The van der Waals surface area contributed by atoms with Crippen LogP contribution in [0.2, 0.25) is 0 Å². The second-order valence-corrected chi connectivity index (χ2v) is 6.95. The maximum Gasteiger partial charge on any atom is 0.416 e. The van der Waals surface area contributed by atoms with E-state index in [0.29, 0.717) is 51.1 Å². The van der Waals surface area contributed by atoms with Crippen molar-refractivity contribution in [3.05, 3.63) is 29.8 Å². The van der Waals surface area contributed by atoms with Gasteiger partial charge in [0.25, 0.3) is 0 Å². The van der Waals surface area contributed by atoms with E-state index in [1.807, 2.05) is 0 Å². The van der Waals surface area contributed by atoms with Crippen LogP contribution in [0.25, 0.3) is 0 Å². The fourth-order valence-corrected chi connectivity index (χ4v) is 3.75. The lowest BCUT2D eigenvalue weighted by Gasteiger charge is -2.35. The van der Waals surface area contributed by atoms with Gasteiger partial charge in [-0.05, 0) is 44.0 Å². The van der Waals surface area contributed by atoms with Crippen molar-refractivity contribution in [2.75, 3.05) is 31.1 Å². The van der Waals surface area contributed by atoms with Gasteiger partial charge in [-0.3, -0.25) is 4.79 Å². The Morgan fingerprint density at radius 3 is 2.44 bits per heavy atom. The molecular weight excluding hydrogens is 363 g/mol. The SMILES string of the molecule is O=C(O)N(C(=O)C1CCN(c2cccc(C(F)(F)F)c2)CC1)[C@H]1CCNC1. The number of nitrogens with zero attached hydrogens (tertiary/aromatic N) is 2. The summed E-state index contributed by atoms with van der Waals surface area (Å²) in [5.74, 6) is -0.830. The molecule has 0 saturated carbocycles. The molecule has 2 saturated heterocycles. The Balaban J connectivity index is 1.64. The van der Waals surface area contributed by atoms with Crippen LogP contribution < -0.4 is 10.2 Å². The molecule has 3 rings (SSSR count). The van der Waals surface area contributed by atoms with E-state index in [4.69, 9.17) is 0 Å². The molecular formula is C18H22F3N3O3. The number of carbonyl (C=O) groups is 2. The van der Waals surface area contributed by atoms with E-state index in [1.165, 1.54) is 6.07 Å². The molecule has 148 valence electrons. The van der Waals surface area contributed by atoms with E-state index < -0.39 is 29.7 Å². The van der Waals surface area contributed by atoms with Crippen molar-refractivity contribution >= 4 is 17.7 Å². The Labute approximate surface area is 154 Å². The molecule has 2 heterocycles. The predicted octanol–water partition coefficient (Wildman–Crippen LogP) is 2.79. The van der Waals surface area contributed by atoms with Gasteiger partial charge >= 0.3 is 12.3 Å². The highest BCUT2D eigenvalue weighted by Crippen LogP contribution is 2.33. The molecule has 9 heteroatoms. The minimum absolute atomic E-state index is 0.350. The number of benzene rings is 1. The summed E-state index contributed by atoms with van der Waals surface area (Å²) in [5.41, 5.74) is -0.241. The number of imide groups is 1. The Hall–Kier alpha value is -2.29. The van der Waals surface area contributed by atoms with Crippen LogP contribution in [0.5, 0.6) is 0 Å². The zero-order valence-electron chi connectivity index (χ0n) is 14.7. The molecule has 2 fully saturated rings. The summed E-state index contributed by atoms with van der Waals surface area (Å²) in [6, 6.07) is 4.77. The number of hydrogen-bond donors (Lipinski definition) is 2. The Bertz CT molecular complexity index is 697. The Morgan fingerprint density at radius 2 is 1.89 bits per heavy atom. The molecule has 0 unspecified atom stereocenters. The Kier molecular flexibility index (Phi) is 5.59. The zero-order chi connectivity index (χ0) is 19.6. The minimum atomic E-state index is -4.40. The van der Waals surface area contributed by atoms with Crippen molar-refractivity contribution in [2.45, 2.75) is 31.5 Å². The van der Waals surface area contributed by atoms with Gasteiger partial charge in [-0.25, -0.2) is 9.69 Å². The first-order chi connectivity index (χ1) is 12.8. The average Bonchev–Trinajstić information content (AvgIpc) is 3.15. The molecule has 0 bridgehead atoms. The summed E-state index contributed by atoms with van der Waals surface area (Å²) >= 11 is 0. The van der Waals surface area contributed by atoms with Crippen LogP contribution >= 0.6 is 0 Å². The summed E-state index contributed by atoms with van der Waals surface area (Å²) in [5, 5.41) is 12.5. The number of hydrogen-bond acceptors (Lipinski definition) is 4. The lowest BCUT2D eigenvalue weighted by Crippen LogP contribution is -2.50. The predicted molar refractivity (Wildman–Crippen MR) is 92.5 cm³/mol. The van der Waals surface area contributed by atoms with Crippen molar-refractivity contribution < 1.29 is 27.9 Å². The van der Waals surface area contributed by atoms with Crippen LogP contribution in [0.15, 0.2) is 24.3 Å². The summed E-state index contributed by atoms with van der Waals surface area (Å²) in [7, 11) is 0. The van der Waals surface area contributed by atoms with Crippen molar-refractivity contribution in [2.24, 2.45) is 5.92 Å². The standard InChI is InChI=1S/C18H22F3N3O3/c19-18(20,21)13-2-1-3-14(10-13)23-8-5-12(6-9-23)16(25)24(17(26)27)15-4-7-22-11-15/h1-3,10,12,15,22H,4-9,11H2,(H,26,27)/t15-/m0/s1. The van der Waals surface area contributed by atoms with Crippen molar-refractivity contribution in [3.8, 4) is 0 Å². The summed E-state index contributed by atoms with van der Waals surface area (Å²) in [6.45, 7) is 1.96. The van der Waals surface area contributed by atoms with Gasteiger partial charge in [-0.15, -0.1) is 0 Å². The summed E-state index contributed by atoms with van der Waals surface area (Å²) < 4.78 is 38.7. The van der Waals surface area contributed by atoms with Crippen LogP contribution in [0.1, 0.15) is 24.8 Å². The van der Waals surface area contributed by atoms with Gasteiger partial charge < -0.3 is 15.3 Å². The molecule has 2 aliphatic heterocycles. The van der Waals surface area contributed by atoms with Crippen LogP contribution in [0.3, 0.4) is 0 Å². The van der Waals surface area contributed by atoms with E-state index in [2.05, 4.69) is 5.32 Å². The number of halogens is 3. The lowest BCUT2D eigenvalue weighted by molar-refractivity contribution is -0.137. The number of alkyl halides is 3. The fourth-order valence-electron chi connectivity index (χ4n) is 3.75. The first kappa shape index (κ1) is 19.5. The maximum absolute atomic E-state index is 12.9. The molecule has 0 spiro atoms. The van der Waals surface area contributed by atoms with Gasteiger partial charge in [0.1, 0.15) is 0 Å². The van der Waals surface area contributed by atoms with Gasteiger partial charge in [-0.1, -0.05) is 6.07 Å². The number of amides is 2. The summed E-state index contributed by atoms with van der Waals surface area (Å²) in [4.78, 5) is 27.0. The highest BCUT2D eigenvalue weighted by atomic mass is 19.4. The number of piperidine rings is 1. The van der Waals surface area contributed by atoms with E-state index >= 15 is 0 Å². The fraction of sp³-hybridized carbons (Fsp3) is 0.556. The first-order valence-corrected chi connectivity index (χ1v) is 8.96. The molecule has 1 atom stereocenters. The van der Waals surface area contributed by atoms with Gasteiger partial charge in [-0.2, -0.15) is 13.2 Å². The number of carbonyl (C=O) groups excluding carboxylic acids is 1. The zero-order valence-corrected chi connectivity index (χ0v) is 14.7. The van der Waals surface area contributed by atoms with Crippen LogP contribution in [0, 0.1) is 5.92 Å². The summed E-state index contributed by atoms with van der Waals surface area (Å²) in [6.07, 6.45) is -4.21. The average molecular weight is 385 g/mol. The molecule has 2 aliphatic rings. The molecule has 0 aromatic heterocycles. The lowest BCUT2D eigenvalue weighted by atomic mass is 9.94. The molecule has 0 aliphatic carbocycles. The number of carboxylic acid groups (broad SMARTS) is 1. The molecule has 1 aromatic carbocycles. The molecule has 2 N–H and O–H groups in total. The number of anilines is 1. The molecule has 6 nitrogen and oxygen atoms in total. The normalized spacial score (nSPS) is 21.3. The van der Waals surface area contributed by atoms with Crippen LogP contribution in [0.4, 0.5) is 23.7 Å². The van der Waals surface area contributed by atoms with Crippen molar-refractivity contribution in [3.63, 3.8) is 0 Å². The van der Waals surface area contributed by atoms with Crippen LogP contribution in [-0.2, 0) is 11.0 Å². The van der Waals surface area contributed by atoms with Gasteiger partial charge in [0.05, 0.1) is 11.6 Å². The molecule has 27 heavy (non-hydrogen) atoms. The second-order valence-electron chi connectivity index (χ2n) is 6.95. The van der Waals surface area contributed by atoms with Gasteiger partial charge in [0.2, 0.25) is 5.91 Å². The first-order valence-electron chi connectivity index (χ1n) is 8.96. The van der Waals surface area contributed by atoms with E-state index in [-0.39, 0.29) is 6.04 Å². The van der Waals surface area contributed by atoms with Gasteiger partial charge in [0.15, 0.2) is 0 Å². The third-order valence-corrected chi connectivity index (χ3v) is 5.23. The topological polar surface area (TPSA) is 72.9 Å². The maximum atomic E-state index is 12.9. The van der Waals surface area contributed by atoms with E-state index in [1.54, 1.807) is 11.0 Å². The molecule has 0 radical (unpaired) electrons. The smallest absolute Gasteiger partial charge is 0.416 e. The third kappa shape index (κ3) is 4.35. The highest BCUT2D eigenvalue weighted by molar-refractivity contribution is 5.93. The van der Waals surface area contributed by atoms with Crippen molar-refractivity contribution in [1.82, 2.24) is 10.2 Å². The van der Waals surface area contributed by atoms with Crippen LogP contribution in [-0.4, -0.2) is 54.2 Å². The van der Waals surface area contributed by atoms with Crippen molar-refractivity contribution in [1.29, 1.82) is 0 Å². The quantitative estimate of drug-likeness (QED) is 0.837.